The lowest BCUT2D eigenvalue weighted by atomic mass is 10.1. The summed E-state index contributed by atoms with van der Waals surface area (Å²) in [6.07, 6.45) is 0. The molecule has 0 saturated heterocycles. The van der Waals surface area contributed by atoms with Gasteiger partial charge in [0.25, 0.3) is 0 Å². The molecule has 0 amide bonds. The van der Waals surface area contributed by atoms with Crippen LogP contribution in [0.1, 0.15) is 26.9 Å². The van der Waals surface area contributed by atoms with E-state index in [-0.39, 0.29) is 6.04 Å². The molecule has 1 aliphatic heterocycles. The summed E-state index contributed by atoms with van der Waals surface area (Å²) in [6.45, 7) is 7.16. The third-order valence-electron chi connectivity index (χ3n) is 3.70. The largest absolute Gasteiger partial charge is 0.369 e. The Hall–Kier alpha value is -1.81. The lowest BCUT2D eigenvalue weighted by Crippen LogP contribution is -2.36. The van der Waals surface area contributed by atoms with Gasteiger partial charge in [0, 0.05) is 15.4 Å². The maximum atomic E-state index is 6.13. The SMILES string of the molecule is Cc1cccc(N2C(N)=NCC2c2cc(C)sc2C)c1. The van der Waals surface area contributed by atoms with Gasteiger partial charge in [-0.1, -0.05) is 12.1 Å². The molecule has 0 fully saturated rings. The summed E-state index contributed by atoms with van der Waals surface area (Å²) < 4.78 is 0. The van der Waals surface area contributed by atoms with Gasteiger partial charge in [-0.05, 0) is 50.1 Å². The van der Waals surface area contributed by atoms with E-state index in [0.29, 0.717) is 5.96 Å². The summed E-state index contributed by atoms with van der Waals surface area (Å²) in [7, 11) is 0. The van der Waals surface area contributed by atoms with Crippen LogP contribution in [-0.4, -0.2) is 12.5 Å². The van der Waals surface area contributed by atoms with Crippen molar-refractivity contribution in [3.63, 3.8) is 0 Å². The number of guanidine groups is 1. The van der Waals surface area contributed by atoms with Crippen LogP contribution in [0, 0.1) is 20.8 Å². The van der Waals surface area contributed by atoms with Crippen LogP contribution in [0.15, 0.2) is 35.3 Å². The van der Waals surface area contributed by atoms with Crippen molar-refractivity contribution in [2.75, 3.05) is 11.4 Å². The summed E-state index contributed by atoms with van der Waals surface area (Å²) in [5, 5.41) is 0. The van der Waals surface area contributed by atoms with Gasteiger partial charge in [0.15, 0.2) is 5.96 Å². The van der Waals surface area contributed by atoms with Crippen LogP contribution in [0.5, 0.6) is 0 Å². The number of aryl methyl sites for hydroxylation is 3. The highest BCUT2D eigenvalue weighted by atomic mass is 32.1. The van der Waals surface area contributed by atoms with Gasteiger partial charge in [0.05, 0.1) is 12.6 Å². The number of nitrogens with zero attached hydrogens (tertiary/aromatic N) is 2. The second kappa shape index (κ2) is 4.94. The van der Waals surface area contributed by atoms with Gasteiger partial charge < -0.3 is 10.6 Å². The molecule has 3 rings (SSSR count). The number of aliphatic imine (C=N–C) groups is 1. The molecule has 0 bridgehead atoms. The molecule has 4 heteroatoms. The Morgan fingerprint density at radius 2 is 2.05 bits per heavy atom. The maximum absolute atomic E-state index is 6.13. The molecule has 2 N–H and O–H groups in total. The Bertz CT molecular complexity index is 672. The molecule has 0 radical (unpaired) electrons. The molecule has 20 heavy (non-hydrogen) atoms. The molecule has 1 aliphatic rings. The molecule has 2 aromatic rings. The molecule has 3 nitrogen and oxygen atoms in total. The molecule has 1 atom stereocenters. The van der Waals surface area contributed by atoms with Crippen molar-refractivity contribution in [2.24, 2.45) is 10.7 Å². The topological polar surface area (TPSA) is 41.6 Å². The van der Waals surface area contributed by atoms with Crippen molar-refractivity contribution in [1.82, 2.24) is 0 Å². The Balaban J connectivity index is 2.02. The normalized spacial score (nSPS) is 18.4. The van der Waals surface area contributed by atoms with Crippen LogP contribution in [0.4, 0.5) is 5.69 Å². The van der Waals surface area contributed by atoms with E-state index < -0.39 is 0 Å². The lowest BCUT2D eigenvalue weighted by molar-refractivity contribution is 0.767. The van der Waals surface area contributed by atoms with Gasteiger partial charge in [-0.25, -0.2) is 0 Å². The van der Waals surface area contributed by atoms with Crippen molar-refractivity contribution >= 4 is 23.0 Å². The van der Waals surface area contributed by atoms with Crippen molar-refractivity contribution in [1.29, 1.82) is 0 Å². The number of rotatable bonds is 2. The van der Waals surface area contributed by atoms with Crippen molar-refractivity contribution in [3.05, 3.63) is 51.2 Å². The Morgan fingerprint density at radius 3 is 2.70 bits per heavy atom. The number of hydrogen-bond donors (Lipinski definition) is 1. The first-order valence-electron chi connectivity index (χ1n) is 6.79. The fraction of sp³-hybridized carbons (Fsp3) is 0.312. The van der Waals surface area contributed by atoms with Crippen LogP contribution >= 0.6 is 11.3 Å². The van der Waals surface area contributed by atoms with E-state index in [0.717, 1.165) is 12.2 Å². The van der Waals surface area contributed by atoms with Gasteiger partial charge >= 0.3 is 0 Å². The number of hydrogen-bond acceptors (Lipinski definition) is 4. The molecule has 0 saturated carbocycles. The van der Waals surface area contributed by atoms with E-state index in [4.69, 9.17) is 5.73 Å². The predicted molar refractivity (Wildman–Crippen MR) is 86.7 cm³/mol. The van der Waals surface area contributed by atoms with Crippen LogP contribution < -0.4 is 10.6 Å². The second-order valence-electron chi connectivity index (χ2n) is 5.29. The van der Waals surface area contributed by atoms with Gasteiger partial charge in [-0.15, -0.1) is 11.3 Å². The van der Waals surface area contributed by atoms with Gasteiger partial charge in [-0.3, -0.25) is 4.99 Å². The summed E-state index contributed by atoms with van der Waals surface area (Å²) in [5.41, 5.74) is 9.83. The van der Waals surface area contributed by atoms with Crippen molar-refractivity contribution in [2.45, 2.75) is 26.8 Å². The van der Waals surface area contributed by atoms with Crippen molar-refractivity contribution < 1.29 is 0 Å². The van der Waals surface area contributed by atoms with E-state index in [9.17, 15) is 0 Å². The van der Waals surface area contributed by atoms with E-state index in [2.05, 4.69) is 61.0 Å². The van der Waals surface area contributed by atoms with E-state index in [1.165, 1.54) is 20.9 Å². The fourth-order valence-electron chi connectivity index (χ4n) is 2.81. The zero-order valence-electron chi connectivity index (χ0n) is 12.1. The van der Waals surface area contributed by atoms with E-state index in [1.807, 2.05) is 11.3 Å². The van der Waals surface area contributed by atoms with Crippen LogP contribution in [0.25, 0.3) is 0 Å². The Morgan fingerprint density at radius 1 is 1.25 bits per heavy atom. The monoisotopic (exact) mass is 285 g/mol. The lowest BCUT2D eigenvalue weighted by Gasteiger charge is -2.26. The first-order valence-corrected chi connectivity index (χ1v) is 7.60. The molecule has 1 aromatic heterocycles. The minimum absolute atomic E-state index is 0.224. The van der Waals surface area contributed by atoms with Gasteiger partial charge in [0.1, 0.15) is 0 Å². The average Bonchev–Trinajstić information content (AvgIpc) is 2.92. The summed E-state index contributed by atoms with van der Waals surface area (Å²) >= 11 is 1.84. The number of nitrogens with two attached hydrogens (primary N) is 1. The maximum Gasteiger partial charge on any atom is 0.196 e. The summed E-state index contributed by atoms with van der Waals surface area (Å²) in [5.74, 6) is 0.615. The third kappa shape index (κ3) is 2.20. The van der Waals surface area contributed by atoms with Gasteiger partial charge in [0.2, 0.25) is 0 Å². The van der Waals surface area contributed by atoms with Gasteiger partial charge in [-0.2, -0.15) is 0 Å². The molecule has 104 valence electrons. The zero-order chi connectivity index (χ0) is 14.3. The minimum Gasteiger partial charge on any atom is -0.369 e. The number of thiophene rings is 1. The first-order chi connectivity index (χ1) is 9.56. The molecule has 0 spiro atoms. The average molecular weight is 285 g/mol. The predicted octanol–water partition coefficient (Wildman–Crippen LogP) is 3.55. The highest BCUT2D eigenvalue weighted by Crippen LogP contribution is 2.36. The first kappa shape index (κ1) is 13.2. The van der Waals surface area contributed by atoms with Crippen LogP contribution in [0.2, 0.25) is 0 Å². The number of anilines is 1. The van der Waals surface area contributed by atoms with Crippen LogP contribution in [0.3, 0.4) is 0 Å². The summed E-state index contributed by atoms with van der Waals surface area (Å²) in [4.78, 5) is 9.31. The number of benzene rings is 1. The third-order valence-corrected chi connectivity index (χ3v) is 4.68. The Labute approximate surface area is 123 Å². The molecule has 1 unspecified atom stereocenters. The standard InChI is InChI=1S/C16H19N3S/c1-10-5-4-6-13(7-10)19-15(9-18-16(19)17)14-8-11(2)20-12(14)3/h4-8,15H,9H2,1-3H3,(H2,17,18). The van der Waals surface area contributed by atoms with E-state index >= 15 is 0 Å². The second-order valence-corrected chi connectivity index (χ2v) is 6.75. The zero-order valence-corrected chi connectivity index (χ0v) is 12.9. The molecule has 0 aliphatic carbocycles. The van der Waals surface area contributed by atoms with Crippen molar-refractivity contribution in [3.8, 4) is 0 Å². The highest BCUT2D eigenvalue weighted by Gasteiger charge is 2.30. The molecular weight excluding hydrogens is 266 g/mol. The summed E-state index contributed by atoms with van der Waals surface area (Å²) in [6, 6.07) is 10.9. The molecule has 2 heterocycles. The quantitative estimate of drug-likeness (QED) is 0.917. The Kier molecular flexibility index (Phi) is 3.26. The molecular formula is C16H19N3S. The highest BCUT2D eigenvalue weighted by molar-refractivity contribution is 7.12. The van der Waals surface area contributed by atoms with Crippen LogP contribution in [-0.2, 0) is 0 Å². The fourth-order valence-corrected chi connectivity index (χ4v) is 3.79. The molecule has 1 aromatic carbocycles. The van der Waals surface area contributed by atoms with E-state index in [1.54, 1.807) is 0 Å². The minimum atomic E-state index is 0.224. The smallest absolute Gasteiger partial charge is 0.196 e.